The van der Waals surface area contributed by atoms with Gasteiger partial charge in [-0.05, 0) is 49.3 Å². The molecule has 1 N–H and O–H groups in total. The Morgan fingerprint density at radius 3 is 2.87 bits per heavy atom. The van der Waals surface area contributed by atoms with Crippen molar-refractivity contribution in [2.24, 2.45) is 0 Å². The summed E-state index contributed by atoms with van der Waals surface area (Å²) in [5.74, 6) is 0.0753. The minimum Gasteiger partial charge on any atom is -0.468 e. The number of hydrogen-bond acceptors (Lipinski definition) is 6. The lowest BCUT2D eigenvalue weighted by Crippen LogP contribution is -2.45. The maximum Gasteiger partial charge on any atom is 0.264 e. The molecule has 2 unspecified atom stereocenters. The van der Waals surface area contributed by atoms with Gasteiger partial charge in [-0.1, -0.05) is 12.1 Å². The van der Waals surface area contributed by atoms with E-state index in [1.165, 1.54) is 11.3 Å². The third kappa shape index (κ3) is 4.15. The zero-order valence-corrected chi connectivity index (χ0v) is 17.8. The second-order valence-corrected chi connectivity index (χ2v) is 8.45. The van der Waals surface area contributed by atoms with E-state index in [2.05, 4.69) is 10.3 Å². The number of hydrogen-bond donors (Lipinski definition) is 1. The van der Waals surface area contributed by atoms with Crippen LogP contribution in [0.3, 0.4) is 0 Å². The van der Waals surface area contributed by atoms with Crippen LogP contribution in [0.25, 0.3) is 0 Å². The molecule has 1 aliphatic rings. The van der Waals surface area contributed by atoms with Gasteiger partial charge in [0.25, 0.3) is 5.91 Å². The predicted octanol–water partition coefficient (Wildman–Crippen LogP) is 2.89. The predicted molar refractivity (Wildman–Crippen MR) is 114 cm³/mol. The van der Waals surface area contributed by atoms with Gasteiger partial charge < -0.3 is 14.6 Å². The van der Waals surface area contributed by atoms with E-state index in [-0.39, 0.29) is 17.9 Å². The molecular weight excluding hydrogens is 400 g/mol. The summed E-state index contributed by atoms with van der Waals surface area (Å²) in [6.45, 7) is 1.16. The van der Waals surface area contributed by atoms with Crippen molar-refractivity contribution in [2.45, 2.75) is 18.5 Å². The van der Waals surface area contributed by atoms with Gasteiger partial charge in [-0.3, -0.25) is 19.5 Å². The van der Waals surface area contributed by atoms with Crippen LogP contribution in [-0.4, -0.2) is 53.8 Å². The smallest absolute Gasteiger partial charge is 0.264 e. The van der Waals surface area contributed by atoms with Crippen molar-refractivity contribution in [3.8, 4) is 0 Å². The number of carbonyl (C=O) groups is 2. The molecular formula is C22H24N4O3S. The zero-order valence-electron chi connectivity index (χ0n) is 16.9. The number of nitrogens with zero attached hydrogens (tertiary/aromatic N) is 3. The maximum atomic E-state index is 13.2. The molecule has 1 aliphatic heterocycles. The number of likely N-dealkylation sites (N-methyl/N-ethyl adjacent to an activating group) is 1. The Balaban J connectivity index is 1.52. The first-order valence-electron chi connectivity index (χ1n) is 9.78. The number of thiophene rings is 1. The SMILES string of the molecule is CN(C)C(CNC(=O)C1CN(C(=O)c2cccs2)Cc2cccnc21)c1ccco1. The highest BCUT2D eigenvalue weighted by molar-refractivity contribution is 7.12. The van der Waals surface area contributed by atoms with Crippen LogP contribution in [-0.2, 0) is 11.3 Å². The molecule has 4 heterocycles. The maximum absolute atomic E-state index is 13.2. The van der Waals surface area contributed by atoms with E-state index in [9.17, 15) is 9.59 Å². The fraction of sp³-hybridized carbons (Fsp3) is 0.318. The molecule has 2 amide bonds. The molecule has 0 aromatic carbocycles. The Bertz CT molecular complexity index is 1000. The lowest BCUT2D eigenvalue weighted by atomic mass is 9.93. The molecule has 0 saturated heterocycles. The van der Waals surface area contributed by atoms with Crippen molar-refractivity contribution < 1.29 is 14.0 Å². The summed E-state index contributed by atoms with van der Waals surface area (Å²) in [6.07, 6.45) is 3.32. The molecule has 3 aromatic rings. The number of amides is 2. The van der Waals surface area contributed by atoms with E-state index in [0.717, 1.165) is 17.0 Å². The molecule has 156 valence electrons. The highest BCUT2D eigenvalue weighted by atomic mass is 32.1. The summed E-state index contributed by atoms with van der Waals surface area (Å²) in [7, 11) is 3.89. The summed E-state index contributed by atoms with van der Waals surface area (Å²) in [5.41, 5.74) is 1.65. The van der Waals surface area contributed by atoms with Crippen molar-refractivity contribution in [2.75, 3.05) is 27.2 Å². The molecule has 0 spiro atoms. The highest BCUT2D eigenvalue weighted by Gasteiger charge is 2.34. The Hall–Kier alpha value is -2.97. The summed E-state index contributed by atoms with van der Waals surface area (Å²) in [4.78, 5) is 35.0. The van der Waals surface area contributed by atoms with Crippen LogP contribution in [0.5, 0.6) is 0 Å². The van der Waals surface area contributed by atoms with Gasteiger partial charge in [-0.15, -0.1) is 11.3 Å². The van der Waals surface area contributed by atoms with Crippen LogP contribution < -0.4 is 5.32 Å². The van der Waals surface area contributed by atoms with Crippen LogP contribution >= 0.6 is 11.3 Å². The van der Waals surface area contributed by atoms with Gasteiger partial charge in [0.1, 0.15) is 5.76 Å². The average Bonchev–Trinajstić information content (AvgIpc) is 3.46. The molecule has 30 heavy (non-hydrogen) atoms. The Morgan fingerprint density at radius 1 is 1.30 bits per heavy atom. The van der Waals surface area contributed by atoms with E-state index in [1.54, 1.807) is 17.4 Å². The zero-order chi connectivity index (χ0) is 21.1. The van der Waals surface area contributed by atoms with E-state index < -0.39 is 5.92 Å². The van der Waals surface area contributed by atoms with E-state index in [1.807, 2.05) is 60.8 Å². The number of pyridine rings is 1. The largest absolute Gasteiger partial charge is 0.468 e. The minimum absolute atomic E-state index is 0.0564. The van der Waals surface area contributed by atoms with Crippen molar-refractivity contribution in [3.05, 3.63) is 76.1 Å². The van der Waals surface area contributed by atoms with Gasteiger partial charge in [-0.2, -0.15) is 0 Å². The molecule has 0 bridgehead atoms. The summed E-state index contributed by atoms with van der Waals surface area (Å²) < 4.78 is 5.52. The summed E-state index contributed by atoms with van der Waals surface area (Å²) >= 11 is 1.41. The first-order chi connectivity index (χ1) is 14.5. The molecule has 3 aromatic heterocycles. The number of rotatable bonds is 6. The van der Waals surface area contributed by atoms with Crippen molar-refractivity contribution in [1.82, 2.24) is 20.1 Å². The fourth-order valence-electron chi connectivity index (χ4n) is 3.73. The first kappa shape index (κ1) is 20.3. The lowest BCUT2D eigenvalue weighted by Gasteiger charge is -2.33. The van der Waals surface area contributed by atoms with Crippen LogP contribution in [0.2, 0.25) is 0 Å². The standard InChI is InChI=1S/C22H24N4O3S/c1-25(2)17(18-7-4-10-29-18)12-24-21(27)16-14-26(22(28)19-8-5-11-30-19)13-15-6-3-9-23-20(15)16/h3-11,16-17H,12-14H2,1-2H3,(H,24,27). The van der Waals surface area contributed by atoms with Gasteiger partial charge >= 0.3 is 0 Å². The topological polar surface area (TPSA) is 78.7 Å². The van der Waals surface area contributed by atoms with Gasteiger partial charge in [-0.25, -0.2) is 0 Å². The van der Waals surface area contributed by atoms with Crippen LogP contribution in [0, 0.1) is 0 Å². The Labute approximate surface area is 179 Å². The average molecular weight is 425 g/mol. The van der Waals surface area contributed by atoms with E-state index >= 15 is 0 Å². The molecule has 8 heteroatoms. The van der Waals surface area contributed by atoms with Crippen LogP contribution in [0.4, 0.5) is 0 Å². The van der Waals surface area contributed by atoms with Crippen LogP contribution in [0.15, 0.2) is 58.7 Å². The monoisotopic (exact) mass is 424 g/mol. The Kier molecular flexibility index (Phi) is 5.96. The van der Waals surface area contributed by atoms with Gasteiger partial charge in [0.05, 0.1) is 28.8 Å². The second kappa shape index (κ2) is 8.81. The van der Waals surface area contributed by atoms with Gasteiger partial charge in [0.2, 0.25) is 5.91 Å². The number of aromatic nitrogens is 1. The number of nitrogens with one attached hydrogen (secondary N) is 1. The molecule has 4 rings (SSSR count). The molecule has 0 radical (unpaired) electrons. The van der Waals surface area contributed by atoms with Crippen molar-refractivity contribution in [3.63, 3.8) is 0 Å². The van der Waals surface area contributed by atoms with Gasteiger partial charge in [0, 0.05) is 25.8 Å². The quantitative estimate of drug-likeness (QED) is 0.658. The molecule has 0 aliphatic carbocycles. The number of fused-ring (bicyclic) bond motifs is 1. The Morgan fingerprint density at radius 2 is 2.17 bits per heavy atom. The van der Waals surface area contributed by atoms with Crippen molar-refractivity contribution in [1.29, 1.82) is 0 Å². The second-order valence-electron chi connectivity index (χ2n) is 7.50. The number of carbonyl (C=O) groups excluding carboxylic acids is 2. The van der Waals surface area contributed by atoms with E-state index in [4.69, 9.17) is 4.42 Å². The van der Waals surface area contributed by atoms with Crippen LogP contribution in [0.1, 0.15) is 38.6 Å². The fourth-order valence-corrected chi connectivity index (χ4v) is 4.42. The lowest BCUT2D eigenvalue weighted by molar-refractivity contribution is -0.123. The molecule has 7 nitrogen and oxygen atoms in total. The summed E-state index contributed by atoms with van der Waals surface area (Å²) in [5, 5.41) is 4.92. The summed E-state index contributed by atoms with van der Waals surface area (Å²) in [6, 6.07) is 11.1. The third-order valence-electron chi connectivity index (χ3n) is 5.32. The minimum atomic E-state index is -0.515. The molecule has 0 fully saturated rings. The number of furan rings is 1. The van der Waals surface area contributed by atoms with Gasteiger partial charge in [0.15, 0.2) is 0 Å². The third-order valence-corrected chi connectivity index (χ3v) is 6.18. The molecule has 2 atom stereocenters. The highest BCUT2D eigenvalue weighted by Crippen LogP contribution is 2.29. The first-order valence-corrected chi connectivity index (χ1v) is 10.7. The normalized spacial score (nSPS) is 16.9. The molecule has 0 saturated carbocycles. The van der Waals surface area contributed by atoms with E-state index in [0.29, 0.717) is 24.5 Å². The van der Waals surface area contributed by atoms with Crippen molar-refractivity contribution >= 4 is 23.2 Å².